The molecular formula is C19H16FN3. The fourth-order valence-electron chi connectivity index (χ4n) is 3.34. The van der Waals surface area contributed by atoms with Gasteiger partial charge in [0.05, 0.1) is 17.7 Å². The van der Waals surface area contributed by atoms with E-state index in [0.717, 1.165) is 24.9 Å². The van der Waals surface area contributed by atoms with E-state index in [4.69, 9.17) is 0 Å². The molecule has 1 fully saturated rings. The third-order valence-electron chi connectivity index (χ3n) is 4.39. The molecule has 3 rings (SSSR count). The van der Waals surface area contributed by atoms with Crippen molar-refractivity contribution < 1.29 is 4.39 Å². The molecule has 0 aromatic heterocycles. The zero-order valence-electron chi connectivity index (χ0n) is 12.6. The molecule has 114 valence electrons. The molecule has 0 aliphatic carbocycles. The molecule has 0 amide bonds. The molecule has 23 heavy (non-hydrogen) atoms. The van der Waals surface area contributed by atoms with Crippen molar-refractivity contribution in [2.75, 3.05) is 11.4 Å². The van der Waals surface area contributed by atoms with E-state index in [-0.39, 0.29) is 17.5 Å². The van der Waals surface area contributed by atoms with Crippen LogP contribution in [-0.4, -0.2) is 12.6 Å². The second-order valence-electron chi connectivity index (χ2n) is 5.67. The van der Waals surface area contributed by atoms with Gasteiger partial charge in [-0.25, -0.2) is 4.39 Å². The first-order chi connectivity index (χ1) is 11.3. The molecule has 2 aromatic carbocycles. The van der Waals surface area contributed by atoms with Crippen LogP contribution in [0.2, 0.25) is 0 Å². The maximum Gasteiger partial charge on any atom is 0.143 e. The normalized spacial score (nSPS) is 18.2. The summed E-state index contributed by atoms with van der Waals surface area (Å²) in [6.07, 6.45) is 1.78. The topological polar surface area (TPSA) is 50.8 Å². The fraction of sp³-hybridized carbons (Fsp3) is 0.263. The highest BCUT2D eigenvalue weighted by molar-refractivity contribution is 5.61. The molecule has 4 heteroatoms. The van der Waals surface area contributed by atoms with Gasteiger partial charge in [0.25, 0.3) is 0 Å². The number of benzene rings is 2. The van der Waals surface area contributed by atoms with E-state index < -0.39 is 5.82 Å². The Balaban J connectivity index is 2.00. The lowest BCUT2D eigenvalue weighted by molar-refractivity contribution is 0.602. The van der Waals surface area contributed by atoms with Gasteiger partial charge >= 0.3 is 0 Å². The summed E-state index contributed by atoms with van der Waals surface area (Å²) in [6.45, 7) is 0.730. The third-order valence-corrected chi connectivity index (χ3v) is 4.39. The minimum Gasteiger partial charge on any atom is -0.366 e. The Morgan fingerprint density at radius 3 is 2.57 bits per heavy atom. The lowest BCUT2D eigenvalue weighted by Gasteiger charge is -2.31. The Kier molecular flexibility index (Phi) is 4.26. The fourth-order valence-corrected chi connectivity index (χ4v) is 3.34. The molecule has 0 bridgehead atoms. The molecule has 3 nitrogen and oxygen atoms in total. The van der Waals surface area contributed by atoms with Crippen molar-refractivity contribution in [3.63, 3.8) is 0 Å². The summed E-state index contributed by atoms with van der Waals surface area (Å²) in [4.78, 5) is 2.02. The van der Waals surface area contributed by atoms with Gasteiger partial charge in [0, 0.05) is 12.6 Å². The highest BCUT2D eigenvalue weighted by atomic mass is 19.1. The van der Waals surface area contributed by atoms with Crippen LogP contribution in [0.25, 0.3) is 0 Å². The van der Waals surface area contributed by atoms with E-state index in [1.807, 2.05) is 41.3 Å². The Morgan fingerprint density at radius 2 is 1.87 bits per heavy atom. The summed E-state index contributed by atoms with van der Waals surface area (Å²) >= 11 is 0. The maximum atomic E-state index is 13.9. The van der Waals surface area contributed by atoms with Gasteiger partial charge in [0.2, 0.25) is 0 Å². The van der Waals surface area contributed by atoms with Crippen molar-refractivity contribution in [2.24, 2.45) is 0 Å². The van der Waals surface area contributed by atoms with Crippen molar-refractivity contribution in [1.29, 1.82) is 10.5 Å². The average Bonchev–Trinajstić information content (AvgIpc) is 3.05. The maximum absolute atomic E-state index is 13.9. The SMILES string of the molecule is N#Cc1c(F)cccc1N1CCCC1C(C#N)c1ccccc1. The van der Waals surface area contributed by atoms with Gasteiger partial charge in [0.1, 0.15) is 17.4 Å². The van der Waals surface area contributed by atoms with Crippen LogP contribution < -0.4 is 4.90 Å². The molecule has 1 aliphatic heterocycles. The molecule has 0 saturated carbocycles. The van der Waals surface area contributed by atoms with Crippen LogP contribution in [0.15, 0.2) is 48.5 Å². The molecule has 1 aliphatic rings. The largest absolute Gasteiger partial charge is 0.366 e. The quantitative estimate of drug-likeness (QED) is 0.862. The van der Waals surface area contributed by atoms with E-state index in [1.54, 1.807) is 12.1 Å². The van der Waals surface area contributed by atoms with Crippen LogP contribution >= 0.6 is 0 Å². The molecule has 2 aromatic rings. The number of anilines is 1. The summed E-state index contributed by atoms with van der Waals surface area (Å²) in [7, 11) is 0. The van der Waals surface area contributed by atoms with Crippen molar-refractivity contribution >= 4 is 5.69 Å². The van der Waals surface area contributed by atoms with Crippen LogP contribution in [0.5, 0.6) is 0 Å². The van der Waals surface area contributed by atoms with Crippen LogP contribution in [0.4, 0.5) is 10.1 Å². The molecule has 2 unspecified atom stereocenters. The molecule has 0 radical (unpaired) electrons. The van der Waals surface area contributed by atoms with Crippen molar-refractivity contribution in [3.8, 4) is 12.1 Å². The van der Waals surface area contributed by atoms with Gasteiger partial charge in [-0.05, 0) is 30.5 Å². The van der Waals surface area contributed by atoms with Gasteiger partial charge in [-0.1, -0.05) is 36.4 Å². The molecule has 1 heterocycles. The lowest BCUT2D eigenvalue weighted by Crippen LogP contribution is -2.34. The highest BCUT2D eigenvalue weighted by Gasteiger charge is 2.34. The number of hydrogen-bond acceptors (Lipinski definition) is 3. The van der Waals surface area contributed by atoms with E-state index in [9.17, 15) is 14.9 Å². The molecule has 2 atom stereocenters. The first kappa shape index (κ1) is 15.1. The van der Waals surface area contributed by atoms with Crippen LogP contribution in [-0.2, 0) is 0 Å². The summed E-state index contributed by atoms with van der Waals surface area (Å²) in [5, 5.41) is 18.9. The second-order valence-corrected chi connectivity index (χ2v) is 5.67. The minimum atomic E-state index is -0.510. The van der Waals surface area contributed by atoms with Gasteiger partial charge in [-0.3, -0.25) is 0 Å². The van der Waals surface area contributed by atoms with Gasteiger partial charge in [0.15, 0.2) is 0 Å². The van der Waals surface area contributed by atoms with E-state index in [0.29, 0.717) is 5.69 Å². The monoisotopic (exact) mass is 305 g/mol. The van der Waals surface area contributed by atoms with E-state index in [2.05, 4.69) is 6.07 Å². The first-order valence-electron chi connectivity index (χ1n) is 7.66. The highest BCUT2D eigenvalue weighted by Crippen LogP contribution is 2.36. The molecule has 1 saturated heterocycles. The Labute approximate surface area is 135 Å². The molecule has 0 N–H and O–H groups in total. The van der Waals surface area contributed by atoms with Crippen molar-refractivity contribution in [2.45, 2.75) is 24.8 Å². The minimum absolute atomic E-state index is 0.0451. The lowest BCUT2D eigenvalue weighted by atomic mass is 9.90. The zero-order valence-corrected chi connectivity index (χ0v) is 12.6. The number of nitrogens with zero attached hydrogens (tertiary/aromatic N) is 3. The number of rotatable bonds is 3. The Hall–Kier alpha value is -2.85. The van der Waals surface area contributed by atoms with Gasteiger partial charge < -0.3 is 4.90 Å². The third kappa shape index (κ3) is 2.76. The predicted molar refractivity (Wildman–Crippen MR) is 86.3 cm³/mol. The smallest absolute Gasteiger partial charge is 0.143 e. The summed E-state index contributed by atoms with van der Waals surface area (Å²) < 4.78 is 13.9. The van der Waals surface area contributed by atoms with Crippen molar-refractivity contribution in [3.05, 3.63) is 65.5 Å². The Morgan fingerprint density at radius 1 is 1.09 bits per heavy atom. The Bertz CT molecular complexity index is 773. The van der Waals surface area contributed by atoms with E-state index >= 15 is 0 Å². The van der Waals surface area contributed by atoms with Gasteiger partial charge in [-0.2, -0.15) is 10.5 Å². The van der Waals surface area contributed by atoms with Crippen LogP contribution in [0, 0.1) is 28.5 Å². The number of hydrogen-bond donors (Lipinski definition) is 0. The number of nitriles is 2. The van der Waals surface area contributed by atoms with Crippen LogP contribution in [0.3, 0.4) is 0 Å². The summed E-state index contributed by atoms with van der Waals surface area (Å²) in [5.74, 6) is -0.808. The summed E-state index contributed by atoms with van der Waals surface area (Å²) in [5.41, 5.74) is 1.61. The molecule has 0 spiro atoms. The average molecular weight is 305 g/mol. The molecular weight excluding hydrogens is 289 g/mol. The first-order valence-corrected chi connectivity index (χ1v) is 7.66. The second kappa shape index (κ2) is 6.50. The van der Waals surface area contributed by atoms with Gasteiger partial charge in [-0.15, -0.1) is 0 Å². The standard InChI is InChI=1S/C19H16FN3/c20-17-8-4-9-19(16(17)13-22)23-11-5-10-18(23)15(12-21)14-6-2-1-3-7-14/h1-4,6-9,15,18H,5,10-11H2. The van der Waals surface area contributed by atoms with Crippen LogP contribution in [0.1, 0.15) is 29.9 Å². The van der Waals surface area contributed by atoms with Crippen molar-refractivity contribution in [1.82, 2.24) is 0 Å². The zero-order chi connectivity index (χ0) is 16.2. The predicted octanol–water partition coefficient (Wildman–Crippen LogP) is 3.97. The number of halogens is 1. The van der Waals surface area contributed by atoms with E-state index in [1.165, 1.54) is 6.07 Å². The summed E-state index contributed by atoms with van der Waals surface area (Å²) in [6, 6.07) is 18.6.